The van der Waals surface area contributed by atoms with E-state index < -0.39 is 21.5 Å². The zero-order valence-corrected chi connectivity index (χ0v) is 17.8. The molecule has 0 bridgehead atoms. The van der Waals surface area contributed by atoms with Crippen LogP contribution in [-0.2, 0) is 26.9 Å². The third-order valence-corrected chi connectivity index (χ3v) is 6.61. The summed E-state index contributed by atoms with van der Waals surface area (Å²) in [4.78, 5) is 16.5. The molecule has 3 aromatic rings. The van der Waals surface area contributed by atoms with Crippen molar-refractivity contribution in [2.24, 2.45) is 4.99 Å². The summed E-state index contributed by atoms with van der Waals surface area (Å²) in [6, 6.07) is 13.2. The van der Waals surface area contributed by atoms with Crippen molar-refractivity contribution < 1.29 is 17.6 Å². The lowest BCUT2D eigenvalue weighted by atomic mass is 10.2. The lowest BCUT2D eigenvalue weighted by Crippen LogP contribution is -2.22. The average Bonchev–Trinajstić information content (AvgIpc) is 3.05. The molecular weight excluding hydrogens is 467 g/mol. The van der Waals surface area contributed by atoms with E-state index in [0.717, 1.165) is 4.47 Å². The van der Waals surface area contributed by atoms with Crippen LogP contribution in [0.1, 0.15) is 11.1 Å². The number of carbonyl (C=O) groups is 1. The topological polar surface area (TPSA) is 68.5 Å². The Morgan fingerprint density at radius 2 is 1.86 bits per heavy atom. The van der Waals surface area contributed by atoms with Gasteiger partial charge >= 0.3 is 0 Å². The van der Waals surface area contributed by atoms with Crippen molar-refractivity contribution in [1.82, 2.24) is 4.57 Å². The highest BCUT2D eigenvalue weighted by Crippen LogP contribution is 2.13. The maximum atomic E-state index is 13.8. The van der Waals surface area contributed by atoms with Gasteiger partial charge in [0.2, 0.25) is 0 Å². The van der Waals surface area contributed by atoms with Gasteiger partial charge in [0.15, 0.2) is 14.6 Å². The molecule has 0 saturated carbocycles. The molecule has 0 spiro atoms. The number of hydrogen-bond acceptors (Lipinski definition) is 4. The van der Waals surface area contributed by atoms with Crippen molar-refractivity contribution in [3.8, 4) is 0 Å². The predicted octanol–water partition coefficient (Wildman–Crippen LogP) is 3.54. The van der Waals surface area contributed by atoms with Crippen LogP contribution in [0.4, 0.5) is 4.39 Å². The van der Waals surface area contributed by atoms with Crippen molar-refractivity contribution in [2.45, 2.75) is 12.3 Å². The highest BCUT2D eigenvalue weighted by Gasteiger charge is 2.17. The first-order valence-electron chi connectivity index (χ1n) is 8.22. The molecule has 1 amide bonds. The smallest absolute Gasteiger partial charge is 0.263 e. The molecule has 0 aliphatic heterocycles. The number of nitrogens with zero attached hydrogens (tertiary/aromatic N) is 2. The molecule has 28 heavy (non-hydrogen) atoms. The zero-order valence-electron chi connectivity index (χ0n) is 14.6. The lowest BCUT2D eigenvalue weighted by molar-refractivity contribution is -0.115. The summed E-state index contributed by atoms with van der Waals surface area (Å²) in [5.74, 6) is -2.01. The van der Waals surface area contributed by atoms with Crippen LogP contribution in [0.2, 0.25) is 0 Å². The van der Waals surface area contributed by atoms with Crippen LogP contribution in [0.25, 0.3) is 0 Å². The summed E-state index contributed by atoms with van der Waals surface area (Å²) >= 11 is 4.48. The Morgan fingerprint density at radius 3 is 2.57 bits per heavy atom. The minimum atomic E-state index is -3.65. The average molecular weight is 483 g/mol. The second-order valence-corrected chi connectivity index (χ2v) is 9.92. The van der Waals surface area contributed by atoms with E-state index in [2.05, 4.69) is 20.9 Å². The summed E-state index contributed by atoms with van der Waals surface area (Å²) < 4.78 is 40.9. The van der Waals surface area contributed by atoms with Gasteiger partial charge < -0.3 is 4.57 Å². The van der Waals surface area contributed by atoms with E-state index in [1.165, 1.54) is 17.4 Å². The second kappa shape index (κ2) is 8.93. The standard InChI is InChI=1S/C19H16BrFN2O3S2/c20-16-7-5-14(6-8-16)12-28(25,26)13-18(24)22-19-23(9-10-27-19)11-15-3-1-2-4-17(15)21/h1-10H,11-13H2. The minimum Gasteiger partial charge on any atom is -0.319 e. The van der Waals surface area contributed by atoms with Gasteiger partial charge in [0.05, 0.1) is 12.3 Å². The Balaban J connectivity index is 1.73. The number of rotatable bonds is 6. The van der Waals surface area contributed by atoms with E-state index in [1.54, 1.807) is 58.6 Å². The predicted molar refractivity (Wildman–Crippen MR) is 110 cm³/mol. The van der Waals surface area contributed by atoms with Crippen molar-refractivity contribution >= 4 is 43.0 Å². The van der Waals surface area contributed by atoms with E-state index in [1.807, 2.05) is 0 Å². The van der Waals surface area contributed by atoms with Crippen LogP contribution in [0.3, 0.4) is 0 Å². The van der Waals surface area contributed by atoms with Crippen LogP contribution in [0.15, 0.2) is 69.6 Å². The second-order valence-electron chi connectivity index (χ2n) is 6.07. The monoisotopic (exact) mass is 482 g/mol. The van der Waals surface area contributed by atoms with Gasteiger partial charge in [-0.3, -0.25) is 4.79 Å². The zero-order chi connectivity index (χ0) is 20.1. The summed E-state index contributed by atoms with van der Waals surface area (Å²) in [7, 11) is -3.65. The van der Waals surface area contributed by atoms with Gasteiger partial charge in [-0.05, 0) is 23.8 Å². The van der Waals surface area contributed by atoms with E-state index >= 15 is 0 Å². The first-order valence-corrected chi connectivity index (χ1v) is 11.7. The van der Waals surface area contributed by atoms with Crippen LogP contribution in [-0.4, -0.2) is 24.6 Å². The molecule has 1 aromatic heterocycles. The van der Waals surface area contributed by atoms with Gasteiger partial charge in [-0.2, -0.15) is 4.99 Å². The molecule has 1 heterocycles. The van der Waals surface area contributed by atoms with E-state index in [4.69, 9.17) is 0 Å². The van der Waals surface area contributed by atoms with Gasteiger partial charge in [0.25, 0.3) is 5.91 Å². The molecule has 0 aliphatic rings. The molecule has 0 N–H and O–H groups in total. The molecular formula is C19H16BrFN2O3S2. The highest BCUT2D eigenvalue weighted by molar-refractivity contribution is 9.10. The largest absolute Gasteiger partial charge is 0.319 e. The SMILES string of the molecule is O=C(CS(=O)(=O)Cc1ccc(Br)cc1)N=c1sccn1Cc1ccccc1F. The summed E-state index contributed by atoms with van der Waals surface area (Å²) in [5.41, 5.74) is 1.05. The van der Waals surface area contributed by atoms with Gasteiger partial charge in [0, 0.05) is 21.6 Å². The fourth-order valence-corrected chi connectivity index (χ4v) is 4.78. The van der Waals surface area contributed by atoms with Crippen LogP contribution < -0.4 is 4.80 Å². The number of benzene rings is 2. The van der Waals surface area contributed by atoms with E-state index in [9.17, 15) is 17.6 Å². The number of sulfone groups is 1. The van der Waals surface area contributed by atoms with Crippen molar-refractivity contribution in [3.63, 3.8) is 0 Å². The third kappa shape index (κ3) is 5.70. The molecule has 0 aliphatic carbocycles. The van der Waals surface area contributed by atoms with Crippen molar-refractivity contribution in [1.29, 1.82) is 0 Å². The number of aromatic nitrogens is 1. The number of thiazole rings is 1. The Hall–Kier alpha value is -2.10. The summed E-state index contributed by atoms with van der Waals surface area (Å²) in [6.07, 6.45) is 1.68. The van der Waals surface area contributed by atoms with Gasteiger partial charge in [-0.25, -0.2) is 12.8 Å². The minimum absolute atomic E-state index is 0.202. The lowest BCUT2D eigenvalue weighted by Gasteiger charge is -2.05. The Bertz CT molecular complexity index is 1150. The fraction of sp³-hybridized carbons (Fsp3) is 0.158. The van der Waals surface area contributed by atoms with Crippen LogP contribution in [0, 0.1) is 5.82 Å². The van der Waals surface area contributed by atoms with Crippen LogP contribution in [0.5, 0.6) is 0 Å². The summed E-state index contributed by atoms with van der Waals surface area (Å²) in [5, 5.41) is 1.71. The van der Waals surface area contributed by atoms with Gasteiger partial charge in [-0.15, -0.1) is 11.3 Å². The molecule has 0 unspecified atom stereocenters. The van der Waals surface area contributed by atoms with Crippen molar-refractivity contribution in [2.75, 3.05) is 5.75 Å². The molecule has 3 rings (SSSR count). The quantitative estimate of drug-likeness (QED) is 0.539. The van der Waals surface area contributed by atoms with Gasteiger partial charge in [-0.1, -0.05) is 46.3 Å². The maximum Gasteiger partial charge on any atom is 0.263 e. The molecule has 0 atom stereocenters. The molecule has 5 nitrogen and oxygen atoms in total. The number of hydrogen-bond donors (Lipinski definition) is 0. The number of carbonyl (C=O) groups excluding carboxylic acids is 1. The summed E-state index contributed by atoms with van der Waals surface area (Å²) in [6.45, 7) is 0.202. The molecule has 0 saturated heterocycles. The van der Waals surface area contributed by atoms with Gasteiger partial charge in [0.1, 0.15) is 11.6 Å². The van der Waals surface area contributed by atoms with Crippen LogP contribution >= 0.6 is 27.3 Å². The first kappa shape index (κ1) is 20.6. The molecule has 0 radical (unpaired) electrons. The van der Waals surface area contributed by atoms with E-state index in [0.29, 0.717) is 15.9 Å². The normalized spacial score (nSPS) is 12.3. The first-order chi connectivity index (χ1) is 13.3. The Labute approximate surface area is 174 Å². The Kier molecular flexibility index (Phi) is 6.58. The van der Waals surface area contributed by atoms with Crippen molar-refractivity contribution in [3.05, 3.63) is 86.3 Å². The molecule has 146 valence electrons. The Morgan fingerprint density at radius 1 is 1.14 bits per heavy atom. The molecule has 2 aromatic carbocycles. The van der Waals surface area contributed by atoms with E-state index in [-0.39, 0.29) is 18.1 Å². The number of halogens is 2. The maximum absolute atomic E-state index is 13.8. The molecule has 9 heteroatoms. The number of amides is 1. The highest BCUT2D eigenvalue weighted by atomic mass is 79.9. The fourth-order valence-electron chi connectivity index (χ4n) is 2.53. The molecule has 0 fully saturated rings. The third-order valence-electron chi connectivity index (χ3n) is 3.82.